The smallest absolute Gasteiger partial charge is 0.323 e. The number of fused-ring (bicyclic) bond motifs is 3. The Morgan fingerprint density at radius 1 is 0.338 bits per heavy atom. The molecule has 1 aliphatic rings. The maximum atomic E-state index is 18.2. The molecule has 0 aliphatic heterocycles. The average molecular weight is 1060 g/mol. The SMILES string of the molecule is CCCCCCCCOc1ccc(-c2ccc(-c3ccc4c(c3)C(CC(F)(F)CCCCCC)(C(F)(F)C(F)(F)CCCCCC)c3cc(-c5ccc(-c6ccc(OCCCCCCCC)cc6)cc5)ccc3-4)cc2)cc1. The molecule has 0 heterocycles. The molecule has 0 saturated heterocycles. The van der Waals surface area contributed by atoms with Crippen LogP contribution in [0.1, 0.15) is 187 Å². The molecule has 0 saturated carbocycles. The summed E-state index contributed by atoms with van der Waals surface area (Å²) < 4.78 is 116. The molecule has 2 nitrogen and oxygen atoms in total. The van der Waals surface area contributed by atoms with E-state index in [0.717, 1.165) is 72.3 Å². The summed E-state index contributed by atoms with van der Waals surface area (Å²) in [7, 11) is 0. The van der Waals surface area contributed by atoms with E-state index >= 15 is 26.3 Å². The zero-order valence-corrected chi connectivity index (χ0v) is 46.5. The monoisotopic (exact) mass is 1060 g/mol. The van der Waals surface area contributed by atoms with Crippen molar-refractivity contribution in [2.75, 3.05) is 13.2 Å². The number of halogens is 6. The lowest BCUT2D eigenvalue weighted by atomic mass is 9.65. The van der Waals surface area contributed by atoms with Crippen LogP contribution in [-0.2, 0) is 5.41 Å². The number of hydrogen-bond donors (Lipinski definition) is 0. The lowest BCUT2D eigenvalue weighted by Gasteiger charge is -2.44. The van der Waals surface area contributed by atoms with Gasteiger partial charge in [0.25, 0.3) is 0 Å². The highest BCUT2D eigenvalue weighted by atomic mass is 19.3. The molecule has 0 spiro atoms. The van der Waals surface area contributed by atoms with Crippen LogP contribution in [0.25, 0.3) is 55.6 Å². The van der Waals surface area contributed by atoms with E-state index in [1.165, 1.54) is 63.5 Å². The van der Waals surface area contributed by atoms with Crippen molar-refractivity contribution in [1.29, 1.82) is 0 Å². The Morgan fingerprint density at radius 3 is 1.01 bits per heavy atom. The van der Waals surface area contributed by atoms with Gasteiger partial charge >= 0.3 is 11.8 Å². The summed E-state index contributed by atoms with van der Waals surface area (Å²) in [6.07, 6.45) is 14.5. The topological polar surface area (TPSA) is 18.5 Å². The average Bonchev–Trinajstić information content (AvgIpc) is 3.88. The zero-order valence-electron chi connectivity index (χ0n) is 46.5. The van der Waals surface area contributed by atoms with Crippen molar-refractivity contribution >= 4 is 0 Å². The third-order valence-electron chi connectivity index (χ3n) is 15.9. The highest BCUT2D eigenvalue weighted by molar-refractivity contribution is 5.87. The molecule has 8 heteroatoms. The van der Waals surface area contributed by atoms with E-state index in [2.05, 4.69) is 13.8 Å². The largest absolute Gasteiger partial charge is 0.494 e. The van der Waals surface area contributed by atoms with Crippen LogP contribution in [0.4, 0.5) is 26.3 Å². The molecule has 0 amide bonds. The molecule has 0 atom stereocenters. The molecule has 0 N–H and O–H groups in total. The third kappa shape index (κ3) is 15.0. The Labute approximate surface area is 457 Å². The van der Waals surface area contributed by atoms with Crippen LogP contribution in [0.5, 0.6) is 11.5 Å². The fourth-order valence-corrected chi connectivity index (χ4v) is 11.3. The number of alkyl halides is 6. The summed E-state index contributed by atoms with van der Waals surface area (Å²) in [5.41, 5.74) is 3.07. The van der Waals surface area contributed by atoms with Gasteiger partial charge in [0.15, 0.2) is 0 Å². The van der Waals surface area contributed by atoms with Crippen LogP contribution >= 0.6 is 0 Å². The second-order valence-electron chi connectivity index (χ2n) is 21.8. The first-order chi connectivity index (χ1) is 37.3. The first kappa shape index (κ1) is 59.2. The molecule has 6 aromatic carbocycles. The second-order valence-corrected chi connectivity index (χ2v) is 21.8. The molecule has 0 aromatic heterocycles. The van der Waals surface area contributed by atoms with Crippen molar-refractivity contribution in [2.24, 2.45) is 0 Å². The van der Waals surface area contributed by atoms with Crippen molar-refractivity contribution in [3.05, 3.63) is 145 Å². The van der Waals surface area contributed by atoms with E-state index in [9.17, 15) is 0 Å². The summed E-state index contributed by atoms with van der Waals surface area (Å²) >= 11 is 0. The molecule has 414 valence electrons. The lowest BCUT2D eigenvalue weighted by molar-refractivity contribution is -0.251. The Morgan fingerprint density at radius 2 is 0.636 bits per heavy atom. The first-order valence-electron chi connectivity index (χ1n) is 29.4. The Hall–Kier alpha value is -5.50. The fourth-order valence-electron chi connectivity index (χ4n) is 11.3. The van der Waals surface area contributed by atoms with Gasteiger partial charge in [-0.15, -0.1) is 0 Å². The van der Waals surface area contributed by atoms with Crippen molar-refractivity contribution in [3.63, 3.8) is 0 Å². The van der Waals surface area contributed by atoms with E-state index in [0.29, 0.717) is 61.2 Å². The highest BCUT2D eigenvalue weighted by Crippen LogP contribution is 2.65. The van der Waals surface area contributed by atoms with Gasteiger partial charge in [-0.25, -0.2) is 8.78 Å². The number of rotatable bonds is 34. The summed E-state index contributed by atoms with van der Waals surface area (Å²) in [5, 5.41) is 0. The molecular formula is C69H84F6O2. The molecule has 6 aromatic rings. The summed E-state index contributed by atoms with van der Waals surface area (Å²) in [5.74, 6) is -11.6. The quantitative estimate of drug-likeness (QED) is 0.0296. The maximum Gasteiger partial charge on any atom is 0.323 e. The van der Waals surface area contributed by atoms with E-state index in [1.807, 2.05) is 111 Å². The third-order valence-corrected chi connectivity index (χ3v) is 15.9. The minimum atomic E-state index is -4.92. The number of ether oxygens (including phenoxy) is 2. The number of unbranched alkanes of at least 4 members (excludes halogenated alkanes) is 16. The van der Waals surface area contributed by atoms with E-state index in [-0.39, 0.29) is 35.1 Å². The van der Waals surface area contributed by atoms with Crippen LogP contribution in [0.3, 0.4) is 0 Å². The maximum absolute atomic E-state index is 18.2. The van der Waals surface area contributed by atoms with Gasteiger partial charge in [0.05, 0.1) is 18.6 Å². The van der Waals surface area contributed by atoms with Crippen LogP contribution in [-0.4, -0.2) is 31.0 Å². The second kappa shape index (κ2) is 28.4. The van der Waals surface area contributed by atoms with Crippen LogP contribution in [0.15, 0.2) is 133 Å². The van der Waals surface area contributed by atoms with Crippen molar-refractivity contribution < 1.29 is 35.8 Å². The van der Waals surface area contributed by atoms with Crippen LogP contribution in [0, 0.1) is 0 Å². The Bertz CT molecular complexity index is 2540. The molecule has 0 radical (unpaired) electrons. The fraction of sp³-hybridized carbons (Fsp3) is 0.478. The minimum Gasteiger partial charge on any atom is -0.494 e. The molecule has 1 aliphatic carbocycles. The van der Waals surface area contributed by atoms with Gasteiger partial charge in [0, 0.05) is 19.3 Å². The van der Waals surface area contributed by atoms with Gasteiger partial charge < -0.3 is 9.47 Å². The van der Waals surface area contributed by atoms with Crippen molar-refractivity contribution in [2.45, 2.75) is 199 Å². The molecule has 0 unspecified atom stereocenters. The van der Waals surface area contributed by atoms with Crippen molar-refractivity contribution in [3.8, 4) is 67.1 Å². The highest BCUT2D eigenvalue weighted by Gasteiger charge is 2.73. The summed E-state index contributed by atoms with van der Waals surface area (Å²) in [4.78, 5) is 0. The van der Waals surface area contributed by atoms with E-state index in [4.69, 9.17) is 9.47 Å². The number of hydrogen-bond acceptors (Lipinski definition) is 2. The standard InChI is InChI=1S/C69H84F6O2/c1-5-9-13-17-19-23-47-76-60-39-33-54(34-40-60)52-25-29-56(30-26-52)58-37-43-62-63-44-38-59(57-31-27-53(28-32-57)55-35-41-61(42-36-55)77-48-24-20-18-14-10-6-2)50-65(63)67(64(62)49-58,51-66(70,71)45-21-15-11-7-3)69(74,75)68(72,73)46-22-16-12-8-4/h25-44,49-50H,5-24,45-48,51H2,1-4H3. The molecule has 77 heavy (non-hydrogen) atoms. The lowest BCUT2D eigenvalue weighted by Crippen LogP contribution is -2.58. The molecule has 7 rings (SSSR count). The van der Waals surface area contributed by atoms with Gasteiger partial charge in [-0.1, -0.05) is 227 Å². The zero-order chi connectivity index (χ0) is 54.7. The number of benzene rings is 6. The minimum absolute atomic E-state index is 0.0955. The van der Waals surface area contributed by atoms with Gasteiger partial charge in [-0.3, -0.25) is 0 Å². The first-order valence-corrected chi connectivity index (χ1v) is 29.4. The Kier molecular flexibility index (Phi) is 21.8. The van der Waals surface area contributed by atoms with Crippen LogP contribution < -0.4 is 9.47 Å². The van der Waals surface area contributed by atoms with E-state index < -0.39 is 42.4 Å². The van der Waals surface area contributed by atoms with Gasteiger partial charge in [-0.2, -0.15) is 17.6 Å². The summed E-state index contributed by atoms with van der Waals surface area (Å²) in [6, 6.07) is 40.9. The van der Waals surface area contributed by atoms with Crippen LogP contribution in [0.2, 0.25) is 0 Å². The van der Waals surface area contributed by atoms with Gasteiger partial charge in [-0.05, 0) is 129 Å². The molecular weight excluding hydrogens is 975 g/mol. The van der Waals surface area contributed by atoms with Crippen molar-refractivity contribution in [1.82, 2.24) is 0 Å². The van der Waals surface area contributed by atoms with Gasteiger partial charge in [0.1, 0.15) is 11.5 Å². The normalized spacial score (nSPS) is 13.2. The van der Waals surface area contributed by atoms with Gasteiger partial charge in [0.2, 0.25) is 5.92 Å². The molecule has 0 bridgehead atoms. The summed E-state index contributed by atoms with van der Waals surface area (Å²) in [6.45, 7) is 9.63. The molecule has 0 fully saturated rings. The van der Waals surface area contributed by atoms with E-state index in [1.54, 1.807) is 24.3 Å². The Balaban J connectivity index is 1.23. The predicted molar refractivity (Wildman–Crippen MR) is 309 cm³/mol. The predicted octanol–water partition coefficient (Wildman–Crippen LogP) is 22.3.